The summed E-state index contributed by atoms with van der Waals surface area (Å²) in [6.45, 7) is 0. The molecule has 7 heteroatoms. The van der Waals surface area contributed by atoms with Crippen LogP contribution in [0.1, 0.15) is 17.0 Å². The smallest absolute Gasteiger partial charge is 0.416 e. The Morgan fingerprint density at radius 2 is 1.91 bits per heavy atom. The third kappa shape index (κ3) is 2.61. The molecule has 0 amide bonds. The number of fused-ring (bicyclic) bond motifs is 1. The number of pyridine rings is 1. The molecular weight excluding hydrogens is 295 g/mol. The van der Waals surface area contributed by atoms with Crippen LogP contribution in [0.5, 0.6) is 5.75 Å². The molecule has 114 valence electrons. The molecule has 0 radical (unpaired) electrons. The maximum atomic E-state index is 13.0. The number of hydrogen-bond acceptors (Lipinski definition) is 3. The lowest BCUT2D eigenvalue weighted by Crippen LogP contribution is -2.10. The van der Waals surface area contributed by atoms with Crippen molar-refractivity contribution in [3.63, 3.8) is 0 Å². The first-order valence-electron chi connectivity index (χ1n) is 6.52. The molecule has 0 aliphatic carbocycles. The Bertz CT molecular complexity index is 811. The minimum absolute atomic E-state index is 0.0448. The molecule has 0 aliphatic heterocycles. The van der Waals surface area contributed by atoms with Gasteiger partial charge >= 0.3 is 6.18 Å². The van der Waals surface area contributed by atoms with E-state index in [2.05, 4.69) is 10.2 Å². The van der Waals surface area contributed by atoms with Gasteiger partial charge in [-0.3, -0.25) is 4.40 Å². The molecule has 0 N–H and O–H groups in total. The van der Waals surface area contributed by atoms with E-state index in [0.717, 1.165) is 6.07 Å². The number of rotatable bonds is 3. The highest BCUT2D eigenvalue weighted by molar-refractivity contribution is 5.45. The highest BCUT2D eigenvalue weighted by atomic mass is 19.4. The predicted molar refractivity (Wildman–Crippen MR) is 73.8 cm³/mol. The van der Waals surface area contributed by atoms with Crippen molar-refractivity contribution in [2.24, 2.45) is 0 Å². The summed E-state index contributed by atoms with van der Waals surface area (Å²) in [4.78, 5) is 0. The lowest BCUT2D eigenvalue weighted by molar-refractivity contribution is -0.138. The minimum Gasteiger partial charge on any atom is -0.497 e. The van der Waals surface area contributed by atoms with Crippen LogP contribution < -0.4 is 4.74 Å². The molecule has 1 aromatic carbocycles. The molecule has 2 heterocycles. The van der Waals surface area contributed by atoms with Gasteiger partial charge in [-0.2, -0.15) is 13.2 Å². The van der Waals surface area contributed by atoms with E-state index in [1.54, 1.807) is 28.8 Å². The summed E-state index contributed by atoms with van der Waals surface area (Å²) in [6, 6.07) is 8.85. The van der Waals surface area contributed by atoms with Crippen LogP contribution in [0.15, 0.2) is 42.6 Å². The van der Waals surface area contributed by atoms with Gasteiger partial charge < -0.3 is 4.74 Å². The SMILES string of the molecule is COc1ccn2c(Cc3ccccc3C(F)(F)F)nnc2c1. The van der Waals surface area contributed by atoms with E-state index in [4.69, 9.17) is 4.74 Å². The number of alkyl halides is 3. The van der Waals surface area contributed by atoms with Crippen LogP contribution in [0, 0.1) is 0 Å². The first-order valence-corrected chi connectivity index (χ1v) is 6.52. The molecule has 0 fully saturated rings. The Labute approximate surface area is 124 Å². The van der Waals surface area contributed by atoms with Gasteiger partial charge in [0, 0.05) is 18.7 Å². The lowest BCUT2D eigenvalue weighted by Gasteiger charge is -2.11. The van der Waals surface area contributed by atoms with Gasteiger partial charge in [0.2, 0.25) is 0 Å². The number of methoxy groups -OCH3 is 1. The van der Waals surface area contributed by atoms with Crippen molar-refractivity contribution in [1.29, 1.82) is 0 Å². The van der Waals surface area contributed by atoms with Crippen molar-refractivity contribution < 1.29 is 17.9 Å². The molecule has 0 atom stereocenters. The number of hydrogen-bond donors (Lipinski definition) is 0. The summed E-state index contributed by atoms with van der Waals surface area (Å²) in [5, 5.41) is 7.95. The normalized spacial score (nSPS) is 11.8. The molecule has 0 spiro atoms. The quantitative estimate of drug-likeness (QED) is 0.745. The zero-order chi connectivity index (χ0) is 15.7. The lowest BCUT2D eigenvalue weighted by atomic mass is 10.0. The summed E-state index contributed by atoms with van der Waals surface area (Å²) >= 11 is 0. The van der Waals surface area contributed by atoms with Gasteiger partial charge in [-0.1, -0.05) is 18.2 Å². The van der Waals surface area contributed by atoms with Crippen LogP contribution in [0.3, 0.4) is 0 Å². The average Bonchev–Trinajstić information content (AvgIpc) is 2.89. The van der Waals surface area contributed by atoms with Crippen molar-refractivity contribution in [2.75, 3.05) is 7.11 Å². The Morgan fingerprint density at radius 1 is 1.14 bits per heavy atom. The Hall–Kier alpha value is -2.57. The predicted octanol–water partition coefficient (Wildman–Crippen LogP) is 3.35. The third-order valence-corrected chi connectivity index (χ3v) is 3.36. The zero-order valence-electron chi connectivity index (χ0n) is 11.6. The second-order valence-electron chi connectivity index (χ2n) is 4.74. The van der Waals surface area contributed by atoms with E-state index >= 15 is 0 Å². The highest BCUT2D eigenvalue weighted by Crippen LogP contribution is 2.32. The standard InChI is InChI=1S/C15H12F3N3O/c1-22-11-6-7-21-13(19-20-14(21)9-11)8-10-4-2-3-5-12(10)15(16,17)18/h2-7,9H,8H2,1H3. The molecule has 22 heavy (non-hydrogen) atoms. The summed E-state index contributed by atoms with van der Waals surface area (Å²) < 4.78 is 45.8. The number of nitrogens with zero attached hydrogens (tertiary/aromatic N) is 3. The summed E-state index contributed by atoms with van der Waals surface area (Å²) in [5.74, 6) is 1.05. The fourth-order valence-corrected chi connectivity index (χ4v) is 2.29. The number of halogens is 3. The number of aromatic nitrogens is 3. The van der Waals surface area contributed by atoms with Crippen molar-refractivity contribution in [3.8, 4) is 5.75 Å². The summed E-state index contributed by atoms with van der Waals surface area (Å²) in [7, 11) is 1.53. The molecule has 0 saturated carbocycles. The topological polar surface area (TPSA) is 39.4 Å². The van der Waals surface area contributed by atoms with Crippen LogP contribution >= 0.6 is 0 Å². The largest absolute Gasteiger partial charge is 0.497 e. The average molecular weight is 307 g/mol. The number of benzene rings is 1. The van der Waals surface area contributed by atoms with E-state index in [9.17, 15) is 13.2 Å². The fraction of sp³-hybridized carbons (Fsp3) is 0.200. The fourth-order valence-electron chi connectivity index (χ4n) is 2.29. The van der Waals surface area contributed by atoms with E-state index in [1.807, 2.05) is 0 Å². The van der Waals surface area contributed by atoms with Gasteiger partial charge in [0.25, 0.3) is 0 Å². The molecule has 3 aromatic rings. The second-order valence-corrected chi connectivity index (χ2v) is 4.74. The van der Waals surface area contributed by atoms with Crippen LogP contribution in [0.4, 0.5) is 13.2 Å². The van der Waals surface area contributed by atoms with E-state index in [0.29, 0.717) is 17.2 Å². The van der Waals surface area contributed by atoms with Crippen LogP contribution in [-0.4, -0.2) is 21.7 Å². The molecule has 0 saturated heterocycles. The molecule has 0 bridgehead atoms. The van der Waals surface area contributed by atoms with Crippen molar-refractivity contribution >= 4 is 5.65 Å². The van der Waals surface area contributed by atoms with Crippen molar-refractivity contribution in [3.05, 3.63) is 59.5 Å². The molecule has 2 aromatic heterocycles. The summed E-state index contributed by atoms with van der Waals surface area (Å²) in [5.41, 5.74) is 0.0409. The molecule has 3 rings (SSSR count). The first kappa shape index (κ1) is 14.4. The van der Waals surface area contributed by atoms with E-state index < -0.39 is 11.7 Å². The Balaban J connectivity index is 2.01. The highest BCUT2D eigenvalue weighted by Gasteiger charge is 2.33. The minimum atomic E-state index is -4.39. The molecule has 4 nitrogen and oxygen atoms in total. The van der Waals surface area contributed by atoms with Gasteiger partial charge in [-0.05, 0) is 17.7 Å². The van der Waals surface area contributed by atoms with Gasteiger partial charge in [-0.25, -0.2) is 0 Å². The number of ether oxygens (including phenoxy) is 1. The van der Waals surface area contributed by atoms with Gasteiger partial charge in [0.15, 0.2) is 5.65 Å². The van der Waals surface area contributed by atoms with E-state index in [1.165, 1.54) is 19.2 Å². The van der Waals surface area contributed by atoms with E-state index in [-0.39, 0.29) is 12.0 Å². The molecular formula is C15H12F3N3O. The maximum absolute atomic E-state index is 13.0. The van der Waals surface area contributed by atoms with Crippen molar-refractivity contribution in [1.82, 2.24) is 14.6 Å². The van der Waals surface area contributed by atoms with Gasteiger partial charge in [0.1, 0.15) is 11.6 Å². The van der Waals surface area contributed by atoms with Gasteiger partial charge in [-0.15, -0.1) is 10.2 Å². The zero-order valence-corrected chi connectivity index (χ0v) is 11.6. The van der Waals surface area contributed by atoms with Crippen LogP contribution in [-0.2, 0) is 12.6 Å². The Morgan fingerprint density at radius 3 is 2.64 bits per heavy atom. The van der Waals surface area contributed by atoms with Crippen LogP contribution in [0.2, 0.25) is 0 Å². The molecule has 0 unspecified atom stereocenters. The van der Waals surface area contributed by atoms with Gasteiger partial charge in [0.05, 0.1) is 12.7 Å². The van der Waals surface area contributed by atoms with Crippen LogP contribution in [0.25, 0.3) is 5.65 Å². The third-order valence-electron chi connectivity index (χ3n) is 3.36. The Kier molecular flexibility index (Phi) is 3.48. The first-order chi connectivity index (χ1) is 10.5. The monoisotopic (exact) mass is 307 g/mol. The maximum Gasteiger partial charge on any atom is 0.416 e. The van der Waals surface area contributed by atoms with Crippen molar-refractivity contribution in [2.45, 2.75) is 12.6 Å². The summed E-state index contributed by atoms with van der Waals surface area (Å²) in [6.07, 6.45) is -2.66. The second kappa shape index (κ2) is 5.32. The molecule has 0 aliphatic rings.